The van der Waals surface area contributed by atoms with Gasteiger partial charge in [-0.2, -0.15) is 8.42 Å². The number of rotatable bonds is 15. The van der Waals surface area contributed by atoms with Crippen LogP contribution < -0.4 is 19.3 Å². The Morgan fingerprint density at radius 3 is 1.10 bits per heavy atom. The molecule has 1 saturated carbocycles. The fraction of sp³-hybridized carbons (Fsp3) is 0.333. The lowest BCUT2D eigenvalue weighted by Gasteiger charge is -2.05. The molecule has 0 saturated heterocycles. The van der Waals surface area contributed by atoms with Gasteiger partial charge in [-0.1, -0.05) is 94.7 Å². The summed E-state index contributed by atoms with van der Waals surface area (Å²) in [5.41, 5.74) is 0. The molecule has 3 aromatic rings. The molecule has 1 fully saturated rings. The molecular weight excluding hydrogens is 655 g/mol. The van der Waals surface area contributed by atoms with E-state index in [2.05, 4.69) is 37.5 Å². The van der Waals surface area contributed by atoms with E-state index in [1.54, 1.807) is 0 Å². The number of nitrogens with two attached hydrogens (primary N) is 1. The Bertz CT molecular complexity index is 1200. The Morgan fingerprint density at radius 2 is 0.833 bits per heavy atom. The Balaban J connectivity index is 0.000000599. The summed E-state index contributed by atoms with van der Waals surface area (Å²) >= 11 is 4.16. The molecule has 0 unspecified atom stereocenters. The fourth-order valence-electron chi connectivity index (χ4n) is 3.51. The minimum Gasteiger partial charge on any atom is -0.498 e. The summed E-state index contributed by atoms with van der Waals surface area (Å²) in [6.45, 7) is 13.5. The quantitative estimate of drug-likeness (QED) is 0.0621. The molecule has 3 aromatic carbocycles. The van der Waals surface area contributed by atoms with Crippen molar-refractivity contribution in [1.29, 1.82) is 0 Å². The molecule has 266 valence electrons. The standard InChI is InChI=1S/C10H12O2S.2C10H12O2.C6H12.H3NO3S/c1-2-11-7-8-12-9-3-5-10(13)6-4-9;2*1-2-11-8-9-12-10-6-4-3-5-7-10;1-2-4-6-5-3-1;1-5(2,3)4/h2-6,13H,1,7-8H2;2*2-7H,1,8-9H2;1-6H2;(H3,1,2,3,4). The van der Waals surface area contributed by atoms with Crippen molar-refractivity contribution in [2.45, 2.75) is 43.4 Å². The van der Waals surface area contributed by atoms with Crippen molar-refractivity contribution in [1.82, 2.24) is 0 Å². The number of benzene rings is 3. The SMILES string of the molecule is C1CCCCC1.C=COCCOc1ccc(S)cc1.C=COCCOc1ccccc1.C=COCCOc1ccccc1.NS(=O)(=O)O. The van der Waals surface area contributed by atoms with E-state index < -0.39 is 10.3 Å². The van der Waals surface area contributed by atoms with Crippen LogP contribution in [0.15, 0.2) is 128 Å². The molecule has 0 radical (unpaired) electrons. The van der Waals surface area contributed by atoms with Gasteiger partial charge in [0.15, 0.2) is 0 Å². The van der Waals surface area contributed by atoms with Crippen LogP contribution in [0.25, 0.3) is 0 Å². The monoisotopic (exact) mass is 705 g/mol. The maximum atomic E-state index is 8.97. The van der Waals surface area contributed by atoms with Gasteiger partial charge in [0.1, 0.15) is 56.9 Å². The van der Waals surface area contributed by atoms with Gasteiger partial charge in [-0.15, -0.1) is 12.6 Å². The van der Waals surface area contributed by atoms with Gasteiger partial charge in [-0.25, -0.2) is 5.14 Å². The van der Waals surface area contributed by atoms with Gasteiger partial charge in [-0.05, 0) is 48.5 Å². The van der Waals surface area contributed by atoms with Gasteiger partial charge >= 0.3 is 10.3 Å². The van der Waals surface area contributed by atoms with E-state index in [0.717, 1.165) is 22.1 Å². The molecule has 12 heteroatoms. The van der Waals surface area contributed by atoms with E-state index in [0.29, 0.717) is 39.6 Å². The van der Waals surface area contributed by atoms with Gasteiger partial charge in [0.25, 0.3) is 0 Å². The van der Waals surface area contributed by atoms with Crippen LogP contribution in [0.5, 0.6) is 17.2 Å². The van der Waals surface area contributed by atoms with Crippen LogP contribution in [0.3, 0.4) is 0 Å². The molecule has 0 heterocycles. The second-order valence-corrected chi connectivity index (χ2v) is 11.0. The van der Waals surface area contributed by atoms with Gasteiger partial charge < -0.3 is 28.4 Å². The molecule has 10 nitrogen and oxygen atoms in total. The lowest BCUT2D eigenvalue weighted by Crippen LogP contribution is -2.08. The molecule has 0 atom stereocenters. The van der Waals surface area contributed by atoms with Crippen molar-refractivity contribution < 1.29 is 41.4 Å². The number of thiol groups is 1. The minimum atomic E-state index is -4.17. The zero-order valence-electron chi connectivity index (χ0n) is 27.6. The van der Waals surface area contributed by atoms with Crippen LogP contribution in [0.4, 0.5) is 0 Å². The van der Waals surface area contributed by atoms with Crippen LogP contribution in [0.2, 0.25) is 0 Å². The predicted molar refractivity (Wildman–Crippen MR) is 195 cm³/mol. The second kappa shape index (κ2) is 31.5. The zero-order chi connectivity index (χ0) is 35.6. The molecule has 48 heavy (non-hydrogen) atoms. The highest BCUT2D eigenvalue weighted by molar-refractivity contribution is 7.83. The average molecular weight is 706 g/mol. The summed E-state index contributed by atoms with van der Waals surface area (Å²) in [6, 6.07) is 26.8. The molecule has 0 spiro atoms. The molecule has 4 rings (SSSR count). The summed E-state index contributed by atoms with van der Waals surface area (Å²) < 4.78 is 55.9. The third-order valence-corrected chi connectivity index (χ3v) is 5.88. The number of para-hydroxylation sites is 2. The first kappa shape index (κ1) is 43.9. The van der Waals surface area contributed by atoms with Crippen molar-refractivity contribution >= 4 is 22.9 Å². The van der Waals surface area contributed by atoms with Gasteiger partial charge in [0.2, 0.25) is 0 Å². The Kier molecular flexibility index (Phi) is 28.8. The fourth-order valence-corrected chi connectivity index (χ4v) is 3.66. The first-order chi connectivity index (χ1) is 23.2. The smallest absolute Gasteiger partial charge is 0.330 e. The maximum absolute atomic E-state index is 8.97. The van der Waals surface area contributed by atoms with Crippen LogP contribution in [-0.4, -0.2) is 52.6 Å². The average Bonchev–Trinajstić information content (AvgIpc) is 3.10. The highest BCUT2D eigenvalue weighted by atomic mass is 32.2. The second-order valence-electron chi connectivity index (χ2n) is 9.41. The molecule has 1 aliphatic rings. The minimum absolute atomic E-state index is 0.520. The van der Waals surface area contributed by atoms with Crippen LogP contribution in [0, 0.1) is 0 Å². The van der Waals surface area contributed by atoms with Gasteiger partial charge in [0, 0.05) is 4.90 Å². The molecule has 3 N–H and O–H groups in total. The highest BCUT2D eigenvalue weighted by Gasteiger charge is 1.96. The summed E-state index contributed by atoms with van der Waals surface area (Å²) in [6.07, 6.45) is 13.2. The third-order valence-electron chi connectivity index (χ3n) is 5.59. The van der Waals surface area contributed by atoms with E-state index >= 15 is 0 Å². The Labute approximate surface area is 292 Å². The predicted octanol–water partition coefficient (Wildman–Crippen LogP) is 8.05. The highest BCUT2D eigenvalue weighted by Crippen LogP contribution is 2.15. The van der Waals surface area contributed by atoms with Crippen molar-refractivity contribution in [3.63, 3.8) is 0 Å². The van der Waals surface area contributed by atoms with E-state index in [1.807, 2.05) is 84.9 Å². The van der Waals surface area contributed by atoms with E-state index in [4.69, 9.17) is 41.4 Å². The van der Waals surface area contributed by atoms with E-state index in [1.165, 1.54) is 57.3 Å². The Hall–Kier alpha value is -4.10. The first-order valence-electron chi connectivity index (χ1n) is 15.4. The van der Waals surface area contributed by atoms with Crippen LogP contribution in [-0.2, 0) is 24.5 Å². The molecule has 0 aliphatic heterocycles. The summed E-state index contributed by atoms with van der Waals surface area (Å²) in [5, 5.41) is 3.88. The van der Waals surface area contributed by atoms with Crippen LogP contribution in [0.1, 0.15) is 38.5 Å². The van der Waals surface area contributed by atoms with Gasteiger partial charge in [-0.3, -0.25) is 4.55 Å². The summed E-state index contributed by atoms with van der Waals surface area (Å²) in [4.78, 5) is 0.926. The normalized spacial score (nSPS) is 11.2. The molecule has 0 aromatic heterocycles. The molecule has 0 bridgehead atoms. The summed E-state index contributed by atoms with van der Waals surface area (Å²) in [5.74, 6) is 2.56. The number of hydrogen-bond donors (Lipinski definition) is 3. The Morgan fingerprint density at radius 1 is 0.562 bits per heavy atom. The lowest BCUT2D eigenvalue weighted by atomic mass is 10.0. The first-order valence-corrected chi connectivity index (χ1v) is 17.3. The topological polar surface area (TPSA) is 136 Å². The molecule has 0 amide bonds. The maximum Gasteiger partial charge on any atom is 0.330 e. The zero-order valence-corrected chi connectivity index (χ0v) is 29.3. The van der Waals surface area contributed by atoms with Gasteiger partial charge in [0.05, 0.1) is 18.8 Å². The lowest BCUT2D eigenvalue weighted by molar-refractivity contribution is 0.179. The summed E-state index contributed by atoms with van der Waals surface area (Å²) in [7, 11) is -4.17. The van der Waals surface area contributed by atoms with Crippen molar-refractivity contribution in [2.75, 3.05) is 39.6 Å². The number of hydrogen-bond acceptors (Lipinski definition) is 9. The van der Waals surface area contributed by atoms with Crippen LogP contribution >= 0.6 is 12.6 Å². The molecule has 1 aliphatic carbocycles. The molecular formula is C36H51NO9S2. The van der Waals surface area contributed by atoms with Crippen molar-refractivity contribution in [3.8, 4) is 17.2 Å². The largest absolute Gasteiger partial charge is 0.498 e. The van der Waals surface area contributed by atoms with Crippen molar-refractivity contribution in [2.24, 2.45) is 5.14 Å². The number of ether oxygens (including phenoxy) is 6. The van der Waals surface area contributed by atoms with E-state index in [-0.39, 0.29) is 0 Å². The third kappa shape index (κ3) is 33.3. The van der Waals surface area contributed by atoms with E-state index in [9.17, 15) is 0 Å². The van der Waals surface area contributed by atoms with Crippen molar-refractivity contribution in [3.05, 3.63) is 123 Å².